The van der Waals surface area contributed by atoms with Crippen LogP contribution in [0.2, 0.25) is 0 Å². The van der Waals surface area contributed by atoms with Gasteiger partial charge in [-0.05, 0) is 31.7 Å². The molecule has 6 nitrogen and oxygen atoms in total. The normalized spacial score (nSPS) is 14.2. The van der Waals surface area contributed by atoms with E-state index in [0.29, 0.717) is 11.8 Å². The SMILES string of the molecule is CCC(CC)NC(=O)CSc1nnc(-c2c[nH]c3ccccc23)n1C1CC1. The van der Waals surface area contributed by atoms with Gasteiger partial charge in [0.15, 0.2) is 11.0 Å². The van der Waals surface area contributed by atoms with Crippen LogP contribution in [0.3, 0.4) is 0 Å². The molecule has 2 N–H and O–H groups in total. The maximum Gasteiger partial charge on any atom is 0.230 e. The minimum atomic E-state index is 0.0627. The van der Waals surface area contributed by atoms with Crippen LogP contribution in [0.4, 0.5) is 0 Å². The maximum absolute atomic E-state index is 12.3. The van der Waals surface area contributed by atoms with Gasteiger partial charge in [0.1, 0.15) is 0 Å². The van der Waals surface area contributed by atoms with E-state index >= 15 is 0 Å². The van der Waals surface area contributed by atoms with Crippen LogP contribution in [0.25, 0.3) is 22.3 Å². The molecular weight excluding hydrogens is 358 g/mol. The summed E-state index contributed by atoms with van der Waals surface area (Å²) in [5.41, 5.74) is 2.16. The van der Waals surface area contributed by atoms with Crippen LogP contribution < -0.4 is 5.32 Å². The fraction of sp³-hybridized carbons (Fsp3) is 0.450. The van der Waals surface area contributed by atoms with Crippen LogP contribution in [-0.2, 0) is 4.79 Å². The molecule has 0 radical (unpaired) electrons. The first-order valence-electron chi connectivity index (χ1n) is 9.64. The van der Waals surface area contributed by atoms with Gasteiger partial charge >= 0.3 is 0 Å². The molecule has 0 bridgehead atoms. The number of fused-ring (bicyclic) bond motifs is 1. The molecule has 27 heavy (non-hydrogen) atoms. The Bertz CT molecular complexity index is 939. The molecule has 3 aromatic rings. The van der Waals surface area contributed by atoms with Crippen molar-refractivity contribution >= 4 is 28.6 Å². The second-order valence-corrected chi connectivity index (χ2v) is 7.97. The largest absolute Gasteiger partial charge is 0.360 e. The van der Waals surface area contributed by atoms with Crippen LogP contribution in [0.1, 0.15) is 45.6 Å². The van der Waals surface area contributed by atoms with E-state index < -0.39 is 0 Å². The second kappa shape index (κ2) is 7.76. The summed E-state index contributed by atoms with van der Waals surface area (Å²) in [7, 11) is 0. The van der Waals surface area contributed by atoms with E-state index in [4.69, 9.17) is 0 Å². The highest BCUT2D eigenvalue weighted by atomic mass is 32.2. The number of thioether (sulfide) groups is 1. The zero-order chi connectivity index (χ0) is 18.8. The van der Waals surface area contributed by atoms with Crippen LogP contribution in [0, 0.1) is 0 Å². The smallest absolute Gasteiger partial charge is 0.230 e. The van der Waals surface area contributed by atoms with Gasteiger partial charge in [0.25, 0.3) is 0 Å². The molecule has 1 fully saturated rings. The Morgan fingerprint density at radius 1 is 1.30 bits per heavy atom. The number of carbonyl (C=O) groups is 1. The highest BCUT2D eigenvalue weighted by molar-refractivity contribution is 7.99. The van der Waals surface area contributed by atoms with E-state index in [9.17, 15) is 4.79 Å². The average Bonchev–Trinajstić information content (AvgIpc) is 3.30. The number of carbonyl (C=O) groups excluding carboxylic acids is 1. The highest BCUT2D eigenvalue weighted by Crippen LogP contribution is 2.42. The van der Waals surface area contributed by atoms with E-state index in [0.717, 1.165) is 53.1 Å². The summed E-state index contributed by atoms with van der Waals surface area (Å²) in [5.74, 6) is 1.32. The molecule has 1 amide bonds. The monoisotopic (exact) mass is 383 g/mol. The van der Waals surface area contributed by atoms with Crippen LogP contribution in [-0.4, -0.2) is 37.5 Å². The number of aromatic nitrogens is 4. The number of benzene rings is 1. The number of H-pyrrole nitrogens is 1. The van der Waals surface area contributed by atoms with Gasteiger partial charge in [-0.2, -0.15) is 0 Å². The van der Waals surface area contributed by atoms with Gasteiger partial charge in [-0.3, -0.25) is 9.36 Å². The number of aromatic amines is 1. The number of nitrogens with one attached hydrogen (secondary N) is 2. The molecule has 0 atom stereocenters. The first-order valence-corrected chi connectivity index (χ1v) is 10.6. The van der Waals surface area contributed by atoms with Gasteiger partial charge in [0.2, 0.25) is 5.91 Å². The summed E-state index contributed by atoms with van der Waals surface area (Å²) in [4.78, 5) is 15.6. The minimum Gasteiger partial charge on any atom is -0.360 e. The number of para-hydroxylation sites is 1. The molecule has 142 valence electrons. The topological polar surface area (TPSA) is 75.6 Å². The zero-order valence-corrected chi connectivity index (χ0v) is 16.6. The van der Waals surface area contributed by atoms with Crippen molar-refractivity contribution in [1.29, 1.82) is 0 Å². The molecule has 0 aliphatic heterocycles. The summed E-state index contributed by atoms with van der Waals surface area (Å²) in [6.45, 7) is 4.19. The van der Waals surface area contributed by atoms with Gasteiger partial charge < -0.3 is 10.3 Å². The van der Waals surface area contributed by atoms with Crippen LogP contribution in [0.15, 0.2) is 35.6 Å². The molecule has 1 saturated carbocycles. The molecule has 7 heteroatoms. The maximum atomic E-state index is 12.3. The third kappa shape index (κ3) is 3.74. The van der Waals surface area contributed by atoms with E-state index in [1.165, 1.54) is 11.8 Å². The Morgan fingerprint density at radius 3 is 2.81 bits per heavy atom. The molecular formula is C20H25N5OS. The summed E-state index contributed by atoms with van der Waals surface area (Å²) in [5, 5.41) is 14.0. The minimum absolute atomic E-state index is 0.0627. The Morgan fingerprint density at radius 2 is 2.07 bits per heavy atom. The van der Waals surface area contributed by atoms with Crippen molar-refractivity contribution in [3.63, 3.8) is 0 Å². The van der Waals surface area contributed by atoms with Gasteiger partial charge in [-0.25, -0.2) is 0 Å². The summed E-state index contributed by atoms with van der Waals surface area (Å²) >= 11 is 1.48. The second-order valence-electron chi connectivity index (χ2n) is 7.02. The van der Waals surface area contributed by atoms with Crippen molar-refractivity contribution in [3.8, 4) is 11.4 Å². The molecule has 0 unspecified atom stereocenters. The Hall–Kier alpha value is -2.28. The number of rotatable bonds is 8. The van der Waals surface area contributed by atoms with Gasteiger partial charge in [0, 0.05) is 34.7 Å². The molecule has 4 rings (SSSR count). The molecule has 2 heterocycles. The molecule has 0 spiro atoms. The summed E-state index contributed by atoms with van der Waals surface area (Å²) in [6.07, 6.45) is 6.19. The predicted molar refractivity (Wildman–Crippen MR) is 109 cm³/mol. The highest BCUT2D eigenvalue weighted by Gasteiger charge is 2.31. The van der Waals surface area contributed by atoms with Gasteiger partial charge in [0.05, 0.1) is 5.75 Å². The van der Waals surface area contributed by atoms with E-state index in [1.807, 2.05) is 18.3 Å². The number of amides is 1. The van der Waals surface area contributed by atoms with Gasteiger partial charge in [-0.15, -0.1) is 10.2 Å². The lowest BCUT2D eigenvalue weighted by atomic mass is 10.1. The van der Waals surface area contributed by atoms with Crippen molar-refractivity contribution in [1.82, 2.24) is 25.1 Å². The van der Waals surface area contributed by atoms with Crippen LogP contribution in [0.5, 0.6) is 0 Å². The fourth-order valence-electron chi connectivity index (χ4n) is 3.37. The lowest BCUT2D eigenvalue weighted by Gasteiger charge is -2.14. The van der Waals surface area contributed by atoms with E-state index in [1.54, 1.807) is 0 Å². The van der Waals surface area contributed by atoms with Crippen molar-refractivity contribution in [3.05, 3.63) is 30.5 Å². The third-order valence-electron chi connectivity index (χ3n) is 5.09. The van der Waals surface area contributed by atoms with Crippen molar-refractivity contribution in [2.45, 2.75) is 56.8 Å². The predicted octanol–water partition coefficient (Wildman–Crippen LogP) is 4.16. The van der Waals surface area contributed by atoms with E-state index in [-0.39, 0.29) is 11.9 Å². The van der Waals surface area contributed by atoms with Crippen molar-refractivity contribution in [2.75, 3.05) is 5.75 Å². The zero-order valence-electron chi connectivity index (χ0n) is 15.7. The Balaban J connectivity index is 1.56. The van der Waals surface area contributed by atoms with Crippen LogP contribution >= 0.6 is 11.8 Å². The Labute approximate surface area is 163 Å². The molecule has 1 aliphatic carbocycles. The number of hydrogen-bond donors (Lipinski definition) is 2. The van der Waals surface area contributed by atoms with Crippen molar-refractivity contribution in [2.24, 2.45) is 0 Å². The first-order chi connectivity index (χ1) is 13.2. The standard InChI is InChI=1S/C20H25N5OS/c1-3-13(4-2)22-18(26)12-27-20-24-23-19(25(20)14-9-10-14)16-11-21-17-8-6-5-7-15(16)17/h5-8,11,13-14,21H,3-4,9-10,12H2,1-2H3,(H,22,26). The molecule has 1 aromatic carbocycles. The molecule has 0 saturated heterocycles. The molecule has 1 aliphatic rings. The van der Waals surface area contributed by atoms with E-state index in [2.05, 4.69) is 51.0 Å². The number of nitrogens with zero attached hydrogens (tertiary/aromatic N) is 3. The summed E-state index contributed by atoms with van der Waals surface area (Å²) < 4.78 is 2.21. The van der Waals surface area contributed by atoms with Gasteiger partial charge in [-0.1, -0.05) is 43.8 Å². The lowest BCUT2D eigenvalue weighted by Crippen LogP contribution is -2.35. The fourth-order valence-corrected chi connectivity index (χ4v) is 4.19. The lowest BCUT2D eigenvalue weighted by molar-refractivity contribution is -0.119. The third-order valence-corrected chi connectivity index (χ3v) is 6.03. The first kappa shape index (κ1) is 18.1. The number of hydrogen-bond acceptors (Lipinski definition) is 4. The molecule has 2 aromatic heterocycles. The van der Waals surface area contributed by atoms with Crippen molar-refractivity contribution < 1.29 is 4.79 Å². The average molecular weight is 384 g/mol. The summed E-state index contributed by atoms with van der Waals surface area (Å²) in [6, 6.07) is 8.91. The quantitative estimate of drug-likeness (QED) is 0.573. The Kier molecular flexibility index (Phi) is 5.20.